The van der Waals surface area contributed by atoms with E-state index in [4.69, 9.17) is 11.6 Å². The molecule has 0 aliphatic carbocycles. The zero-order valence-electron chi connectivity index (χ0n) is 14.2. The Morgan fingerprint density at radius 2 is 2.00 bits per heavy atom. The molecule has 1 amide bonds. The molecular weight excluding hydrogens is 350 g/mol. The van der Waals surface area contributed by atoms with E-state index in [0.717, 1.165) is 22.0 Å². The highest BCUT2D eigenvalue weighted by atomic mass is 35.5. The van der Waals surface area contributed by atoms with Gasteiger partial charge in [0.05, 0.1) is 12.8 Å². The van der Waals surface area contributed by atoms with Crippen molar-refractivity contribution < 1.29 is 9.90 Å². The van der Waals surface area contributed by atoms with Gasteiger partial charge in [0.25, 0.3) is 5.91 Å². The first-order chi connectivity index (χ1) is 12.5. The van der Waals surface area contributed by atoms with Gasteiger partial charge in [-0.15, -0.1) is 0 Å². The van der Waals surface area contributed by atoms with Gasteiger partial charge in [-0.1, -0.05) is 41.9 Å². The van der Waals surface area contributed by atoms with E-state index in [1.54, 1.807) is 12.1 Å². The molecule has 3 aromatic rings. The van der Waals surface area contributed by atoms with E-state index in [9.17, 15) is 9.90 Å². The van der Waals surface area contributed by atoms with Crippen LogP contribution in [0.25, 0.3) is 10.8 Å². The minimum absolute atomic E-state index is 0.0708. The minimum Gasteiger partial charge on any atom is -0.507 e. The second-order valence-electron chi connectivity index (χ2n) is 5.83. The second kappa shape index (κ2) is 7.89. The number of nitrogens with zero attached hydrogens (tertiary/aromatic N) is 1. The molecule has 3 aromatic carbocycles. The van der Waals surface area contributed by atoms with Gasteiger partial charge in [-0.2, -0.15) is 5.10 Å². The van der Waals surface area contributed by atoms with Gasteiger partial charge in [0, 0.05) is 16.3 Å². The zero-order valence-corrected chi connectivity index (χ0v) is 14.9. The first-order valence-corrected chi connectivity index (χ1v) is 8.45. The van der Waals surface area contributed by atoms with Crippen LogP contribution in [0.3, 0.4) is 0 Å². The molecule has 0 saturated carbocycles. The molecule has 0 unspecified atom stereocenters. The summed E-state index contributed by atoms with van der Waals surface area (Å²) in [7, 11) is 0. The third-order valence-corrected chi connectivity index (χ3v) is 4.19. The van der Waals surface area contributed by atoms with Crippen molar-refractivity contribution in [2.75, 3.05) is 11.9 Å². The highest BCUT2D eigenvalue weighted by molar-refractivity contribution is 6.30. The molecule has 0 atom stereocenters. The van der Waals surface area contributed by atoms with Gasteiger partial charge in [-0.3, -0.25) is 4.79 Å². The number of rotatable bonds is 5. The van der Waals surface area contributed by atoms with Crippen molar-refractivity contribution in [1.82, 2.24) is 5.43 Å². The standard InChI is InChI=1S/C20H18ClN3O2/c1-13-10-15(21)7-8-18(13)22-12-20(26)24-23-11-17-16-5-3-2-4-14(16)6-9-19(17)25/h2-11,22,25H,12H2,1H3,(H,24,26)/b23-11-. The van der Waals surface area contributed by atoms with E-state index >= 15 is 0 Å². The topological polar surface area (TPSA) is 73.7 Å². The van der Waals surface area contributed by atoms with E-state index in [2.05, 4.69) is 15.8 Å². The molecule has 0 heterocycles. The Labute approximate surface area is 156 Å². The predicted octanol–water partition coefficient (Wildman–Crippen LogP) is 4.07. The molecule has 26 heavy (non-hydrogen) atoms. The maximum absolute atomic E-state index is 12.0. The number of anilines is 1. The first kappa shape index (κ1) is 17.8. The van der Waals surface area contributed by atoms with Gasteiger partial charge in [-0.05, 0) is 47.5 Å². The molecule has 0 spiro atoms. The van der Waals surface area contributed by atoms with Crippen molar-refractivity contribution in [3.8, 4) is 5.75 Å². The van der Waals surface area contributed by atoms with Gasteiger partial charge in [-0.25, -0.2) is 5.43 Å². The molecular formula is C20H18ClN3O2. The van der Waals surface area contributed by atoms with Crippen LogP contribution in [0.4, 0.5) is 5.69 Å². The average Bonchev–Trinajstić information content (AvgIpc) is 2.63. The fourth-order valence-electron chi connectivity index (χ4n) is 2.63. The maximum atomic E-state index is 12.0. The summed E-state index contributed by atoms with van der Waals surface area (Å²) in [6.45, 7) is 1.98. The second-order valence-corrected chi connectivity index (χ2v) is 6.26. The van der Waals surface area contributed by atoms with Crippen molar-refractivity contribution >= 4 is 40.2 Å². The summed E-state index contributed by atoms with van der Waals surface area (Å²) in [6.07, 6.45) is 1.45. The fourth-order valence-corrected chi connectivity index (χ4v) is 2.86. The van der Waals surface area contributed by atoms with E-state index in [-0.39, 0.29) is 18.2 Å². The number of aromatic hydroxyl groups is 1. The third kappa shape index (κ3) is 4.13. The molecule has 3 N–H and O–H groups in total. The predicted molar refractivity (Wildman–Crippen MR) is 106 cm³/mol. The Hall–Kier alpha value is -3.05. The average molecular weight is 368 g/mol. The summed E-state index contributed by atoms with van der Waals surface area (Å²) in [6, 6.07) is 16.5. The third-order valence-electron chi connectivity index (χ3n) is 3.96. The van der Waals surface area contributed by atoms with Crippen LogP contribution in [0, 0.1) is 6.92 Å². The van der Waals surface area contributed by atoms with Crippen LogP contribution in [0.5, 0.6) is 5.75 Å². The number of aryl methyl sites for hydroxylation is 1. The van der Waals surface area contributed by atoms with Crippen LogP contribution < -0.4 is 10.7 Å². The molecule has 132 valence electrons. The Morgan fingerprint density at radius 3 is 2.81 bits per heavy atom. The number of hydrogen-bond donors (Lipinski definition) is 3. The summed E-state index contributed by atoms with van der Waals surface area (Å²) < 4.78 is 0. The lowest BCUT2D eigenvalue weighted by Crippen LogP contribution is -2.26. The molecule has 0 aromatic heterocycles. The zero-order chi connectivity index (χ0) is 18.5. The summed E-state index contributed by atoms with van der Waals surface area (Å²) in [5, 5.41) is 19.5. The lowest BCUT2D eigenvalue weighted by Gasteiger charge is -2.09. The van der Waals surface area contributed by atoms with E-state index in [0.29, 0.717) is 10.6 Å². The largest absolute Gasteiger partial charge is 0.507 e. The monoisotopic (exact) mass is 367 g/mol. The van der Waals surface area contributed by atoms with Crippen LogP contribution in [0.1, 0.15) is 11.1 Å². The van der Waals surface area contributed by atoms with Crippen molar-refractivity contribution in [3.63, 3.8) is 0 Å². The fraction of sp³-hybridized carbons (Fsp3) is 0.100. The quantitative estimate of drug-likeness (QED) is 0.470. The number of carbonyl (C=O) groups is 1. The van der Waals surface area contributed by atoms with Crippen molar-refractivity contribution in [1.29, 1.82) is 0 Å². The lowest BCUT2D eigenvalue weighted by molar-refractivity contribution is -0.119. The van der Waals surface area contributed by atoms with Gasteiger partial charge in [0.15, 0.2) is 0 Å². The number of hydrogen-bond acceptors (Lipinski definition) is 4. The molecule has 0 aliphatic rings. The van der Waals surface area contributed by atoms with E-state index in [1.165, 1.54) is 6.21 Å². The molecule has 3 rings (SSSR count). The van der Waals surface area contributed by atoms with Crippen LogP contribution in [-0.2, 0) is 4.79 Å². The van der Waals surface area contributed by atoms with Crippen LogP contribution in [0.15, 0.2) is 59.7 Å². The number of phenolic OH excluding ortho intramolecular Hbond substituents is 1. The van der Waals surface area contributed by atoms with Gasteiger partial charge in [0.2, 0.25) is 0 Å². The minimum atomic E-state index is -0.296. The molecule has 0 radical (unpaired) electrons. The normalized spacial score (nSPS) is 11.0. The molecule has 0 bridgehead atoms. The summed E-state index contributed by atoms with van der Waals surface area (Å²) in [5.41, 5.74) is 4.80. The Balaban J connectivity index is 1.64. The molecule has 0 fully saturated rings. The number of nitrogens with one attached hydrogen (secondary N) is 2. The molecule has 5 nitrogen and oxygen atoms in total. The number of fused-ring (bicyclic) bond motifs is 1. The van der Waals surface area contributed by atoms with Crippen molar-refractivity contribution in [2.45, 2.75) is 6.92 Å². The number of halogens is 1. The van der Waals surface area contributed by atoms with Gasteiger partial charge < -0.3 is 10.4 Å². The molecule has 6 heteroatoms. The number of phenols is 1. The summed E-state index contributed by atoms with van der Waals surface area (Å²) in [4.78, 5) is 12.0. The Kier molecular flexibility index (Phi) is 5.39. The van der Waals surface area contributed by atoms with Crippen molar-refractivity contribution in [2.24, 2.45) is 5.10 Å². The van der Waals surface area contributed by atoms with E-state index in [1.807, 2.05) is 49.4 Å². The van der Waals surface area contributed by atoms with Crippen molar-refractivity contribution in [3.05, 3.63) is 70.7 Å². The lowest BCUT2D eigenvalue weighted by atomic mass is 10.0. The Bertz CT molecular complexity index is 986. The maximum Gasteiger partial charge on any atom is 0.259 e. The number of benzene rings is 3. The van der Waals surface area contributed by atoms with Crippen LogP contribution in [-0.4, -0.2) is 23.8 Å². The smallest absolute Gasteiger partial charge is 0.259 e. The number of amides is 1. The van der Waals surface area contributed by atoms with Crippen LogP contribution in [0.2, 0.25) is 5.02 Å². The Morgan fingerprint density at radius 1 is 1.19 bits per heavy atom. The summed E-state index contributed by atoms with van der Waals surface area (Å²) in [5.74, 6) is -0.188. The van der Waals surface area contributed by atoms with Gasteiger partial charge >= 0.3 is 0 Å². The van der Waals surface area contributed by atoms with Crippen LogP contribution >= 0.6 is 11.6 Å². The highest BCUT2D eigenvalue weighted by Gasteiger charge is 2.05. The molecule has 0 saturated heterocycles. The first-order valence-electron chi connectivity index (χ1n) is 8.07. The highest BCUT2D eigenvalue weighted by Crippen LogP contribution is 2.25. The summed E-state index contributed by atoms with van der Waals surface area (Å²) >= 11 is 5.91. The molecule has 0 aliphatic heterocycles. The SMILES string of the molecule is Cc1cc(Cl)ccc1NCC(=O)N/N=C\c1c(O)ccc2ccccc12. The number of hydrazone groups is 1. The van der Waals surface area contributed by atoms with E-state index < -0.39 is 0 Å². The van der Waals surface area contributed by atoms with Gasteiger partial charge in [0.1, 0.15) is 5.75 Å². The number of carbonyl (C=O) groups excluding carboxylic acids is 1.